The molecule has 2 aromatic carbocycles. The summed E-state index contributed by atoms with van der Waals surface area (Å²) < 4.78 is 30.0. The maximum absolute atomic E-state index is 13.0. The summed E-state index contributed by atoms with van der Waals surface area (Å²) in [6.07, 6.45) is 2.36. The van der Waals surface area contributed by atoms with Crippen LogP contribution >= 0.6 is 29.8 Å². The van der Waals surface area contributed by atoms with E-state index in [0.29, 0.717) is 39.2 Å². The highest BCUT2D eigenvalue weighted by molar-refractivity contribution is 8.55. The van der Waals surface area contributed by atoms with Gasteiger partial charge in [-0.3, -0.25) is 4.52 Å². The van der Waals surface area contributed by atoms with Gasteiger partial charge < -0.3 is 9.26 Å². The number of halogens is 1. The fourth-order valence-electron chi connectivity index (χ4n) is 2.31. The number of fused-ring (bicyclic) bond motifs is 1. The Bertz CT molecular complexity index is 1000. The van der Waals surface area contributed by atoms with Crippen molar-refractivity contribution in [1.29, 1.82) is 0 Å². The molecule has 0 N–H and O–H groups in total. The molecule has 0 amide bonds. The maximum Gasteiger partial charge on any atom is 0.440 e. The van der Waals surface area contributed by atoms with Gasteiger partial charge in [-0.2, -0.15) is 0 Å². The van der Waals surface area contributed by atoms with E-state index in [1.807, 2.05) is 6.92 Å². The van der Waals surface area contributed by atoms with Crippen LogP contribution in [0.5, 0.6) is 17.4 Å². The Morgan fingerprint density at radius 3 is 2.64 bits per heavy atom. The summed E-state index contributed by atoms with van der Waals surface area (Å²) in [5.74, 6) is 1.65. The van der Waals surface area contributed by atoms with Gasteiger partial charge in [0.25, 0.3) is 0 Å². The van der Waals surface area contributed by atoms with Crippen molar-refractivity contribution < 1.29 is 18.3 Å². The average Bonchev–Trinajstić information content (AvgIpc) is 2.68. The molecular weight excluding hydrogens is 419 g/mol. The van der Waals surface area contributed by atoms with Gasteiger partial charge in [-0.15, -0.1) is 0 Å². The highest BCUT2D eigenvalue weighted by Gasteiger charge is 2.28. The summed E-state index contributed by atoms with van der Waals surface area (Å²) in [5.41, 5.74) is 1.32. The molecule has 9 heteroatoms. The van der Waals surface area contributed by atoms with Crippen LogP contribution in [0, 0.1) is 0 Å². The summed E-state index contributed by atoms with van der Waals surface area (Å²) in [5, 5.41) is 0.588. The molecule has 1 heterocycles. The van der Waals surface area contributed by atoms with Crippen LogP contribution in [-0.4, -0.2) is 22.3 Å². The molecule has 0 bridgehead atoms. The number of hydrogen-bond donors (Lipinski definition) is 0. The zero-order chi connectivity index (χ0) is 20.0. The molecule has 3 aromatic rings. The Hall–Kier alpha value is -1.79. The Kier molecular flexibility index (Phi) is 7.18. The van der Waals surface area contributed by atoms with Crippen LogP contribution in [0.1, 0.15) is 20.3 Å². The van der Waals surface area contributed by atoms with Crippen LogP contribution in [0.25, 0.3) is 11.0 Å². The topological polar surface area (TPSA) is 70.5 Å². The predicted molar refractivity (Wildman–Crippen MR) is 114 cm³/mol. The van der Waals surface area contributed by atoms with Gasteiger partial charge in [-0.05, 0) is 55.1 Å². The van der Waals surface area contributed by atoms with E-state index in [2.05, 4.69) is 9.97 Å². The molecule has 3 rings (SSSR count). The van der Waals surface area contributed by atoms with E-state index in [-0.39, 0.29) is 6.61 Å². The van der Waals surface area contributed by atoms with E-state index in [1.54, 1.807) is 49.4 Å². The molecule has 0 fully saturated rings. The van der Waals surface area contributed by atoms with Gasteiger partial charge in [0.1, 0.15) is 0 Å². The zero-order valence-electron chi connectivity index (χ0n) is 15.5. The zero-order valence-corrected chi connectivity index (χ0v) is 18.0. The summed E-state index contributed by atoms with van der Waals surface area (Å²) in [6, 6.07) is 12.2. The van der Waals surface area contributed by atoms with Crippen LogP contribution in [0.4, 0.5) is 0 Å². The summed E-state index contributed by atoms with van der Waals surface area (Å²) in [6.45, 7) is 0.725. The van der Waals surface area contributed by atoms with Gasteiger partial charge in [0.15, 0.2) is 11.5 Å². The van der Waals surface area contributed by atoms with Crippen molar-refractivity contribution >= 4 is 40.8 Å². The summed E-state index contributed by atoms with van der Waals surface area (Å²) in [7, 11) is 0. The fourth-order valence-corrected chi connectivity index (χ4v) is 5.93. The maximum atomic E-state index is 13.0. The predicted octanol–water partition coefficient (Wildman–Crippen LogP) is 6.74. The molecule has 6 nitrogen and oxygen atoms in total. The van der Waals surface area contributed by atoms with Crippen LogP contribution in [0.15, 0.2) is 48.7 Å². The largest absolute Gasteiger partial charge is 0.440 e. The number of hydrogen-bond acceptors (Lipinski definition) is 7. The summed E-state index contributed by atoms with van der Waals surface area (Å²) >= 11 is 7.15. The van der Waals surface area contributed by atoms with E-state index in [1.165, 1.54) is 17.6 Å². The molecule has 1 unspecified atom stereocenters. The molecule has 148 valence electrons. The first kappa shape index (κ1) is 20.9. The Morgan fingerprint density at radius 1 is 1.11 bits per heavy atom. The second kappa shape index (κ2) is 9.61. The Labute approximate surface area is 172 Å². The van der Waals surface area contributed by atoms with Crippen LogP contribution < -0.4 is 9.26 Å². The van der Waals surface area contributed by atoms with Crippen LogP contribution in [0.3, 0.4) is 0 Å². The van der Waals surface area contributed by atoms with E-state index in [9.17, 15) is 4.57 Å². The quantitative estimate of drug-likeness (QED) is 0.342. The molecule has 0 spiro atoms. The molecular formula is C19H20ClN2O4PS. The lowest BCUT2D eigenvalue weighted by Crippen LogP contribution is -1.98. The molecule has 0 saturated heterocycles. The molecule has 1 atom stereocenters. The number of rotatable bonds is 9. The molecule has 0 radical (unpaired) electrons. The first-order valence-corrected chi connectivity index (χ1v) is 12.3. The average molecular weight is 439 g/mol. The third-order valence-corrected chi connectivity index (χ3v) is 7.67. The van der Waals surface area contributed by atoms with E-state index in [0.717, 1.165) is 6.42 Å². The van der Waals surface area contributed by atoms with Gasteiger partial charge in [0.2, 0.25) is 5.88 Å². The van der Waals surface area contributed by atoms with Gasteiger partial charge >= 0.3 is 6.80 Å². The number of benzene rings is 2. The van der Waals surface area contributed by atoms with Crippen molar-refractivity contribution in [2.75, 3.05) is 12.4 Å². The highest BCUT2D eigenvalue weighted by Crippen LogP contribution is 2.61. The second-order valence-corrected chi connectivity index (χ2v) is 10.2. The first-order valence-electron chi connectivity index (χ1n) is 8.81. The second-order valence-electron chi connectivity index (χ2n) is 5.68. The molecule has 0 saturated carbocycles. The van der Waals surface area contributed by atoms with Gasteiger partial charge in [-0.1, -0.05) is 30.7 Å². The Morgan fingerprint density at radius 2 is 1.89 bits per heavy atom. The van der Waals surface area contributed by atoms with Crippen LogP contribution in [0.2, 0.25) is 5.02 Å². The lowest BCUT2D eigenvalue weighted by atomic mass is 10.3. The third-order valence-electron chi connectivity index (χ3n) is 3.50. The highest BCUT2D eigenvalue weighted by atomic mass is 35.5. The normalized spacial score (nSPS) is 13.2. The minimum absolute atomic E-state index is 0.287. The number of ether oxygens (including phenoxy) is 1. The number of para-hydroxylation sites is 2. The van der Waals surface area contributed by atoms with Crippen molar-refractivity contribution in [3.63, 3.8) is 0 Å². The van der Waals surface area contributed by atoms with Crippen molar-refractivity contribution in [2.24, 2.45) is 0 Å². The number of aromatic nitrogens is 2. The van der Waals surface area contributed by atoms with Crippen molar-refractivity contribution in [3.8, 4) is 17.4 Å². The minimum atomic E-state index is -3.35. The molecule has 28 heavy (non-hydrogen) atoms. The standard InChI is InChI=1S/C19H20ClN2O4PS/c1-3-11-28-27(23,24-4-2)26-18-8-6-5-7-17(18)25-19-13-21-16-12-14(20)9-10-15(16)22-19/h5-10,12-13H,3-4,11H2,1-2H3. The monoisotopic (exact) mass is 438 g/mol. The first-order chi connectivity index (χ1) is 13.5. The summed E-state index contributed by atoms with van der Waals surface area (Å²) in [4.78, 5) is 8.75. The molecule has 1 aromatic heterocycles. The fraction of sp³-hybridized carbons (Fsp3) is 0.263. The van der Waals surface area contributed by atoms with Crippen molar-refractivity contribution in [2.45, 2.75) is 20.3 Å². The minimum Gasteiger partial charge on any atom is -0.434 e. The van der Waals surface area contributed by atoms with Gasteiger partial charge in [0, 0.05) is 10.8 Å². The molecule has 0 aliphatic carbocycles. The smallest absolute Gasteiger partial charge is 0.434 e. The lowest BCUT2D eigenvalue weighted by molar-refractivity contribution is 0.292. The Balaban J connectivity index is 1.85. The molecule has 0 aliphatic heterocycles. The van der Waals surface area contributed by atoms with Crippen molar-refractivity contribution in [3.05, 3.63) is 53.7 Å². The van der Waals surface area contributed by atoms with Gasteiger partial charge in [0.05, 0.1) is 23.8 Å². The third kappa shape index (κ3) is 5.39. The SMILES string of the molecule is CCCSP(=O)(OCC)Oc1ccccc1Oc1cnc2cc(Cl)ccc2n1. The molecule has 0 aliphatic rings. The van der Waals surface area contributed by atoms with E-state index < -0.39 is 6.80 Å². The van der Waals surface area contributed by atoms with E-state index >= 15 is 0 Å². The van der Waals surface area contributed by atoms with E-state index in [4.69, 9.17) is 25.4 Å². The lowest BCUT2D eigenvalue weighted by Gasteiger charge is -2.19. The van der Waals surface area contributed by atoms with Crippen molar-refractivity contribution in [1.82, 2.24) is 9.97 Å². The number of nitrogens with zero attached hydrogens (tertiary/aromatic N) is 2. The van der Waals surface area contributed by atoms with Crippen LogP contribution in [-0.2, 0) is 9.09 Å². The van der Waals surface area contributed by atoms with Gasteiger partial charge in [-0.25, -0.2) is 14.5 Å².